The highest BCUT2D eigenvalue weighted by Crippen LogP contribution is 2.58. The van der Waals surface area contributed by atoms with Crippen LogP contribution in [0.3, 0.4) is 0 Å². The molecule has 0 spiro atoms. The molecule has 6 aliphatic rings. The lowest BCUT2D eigenvalue weighted by molar-refractivity contribution is 0.630. The Balaban J connectivity index is 0.861. The van der Waals surface area contributed by atoms with E-state index in [9.17, 15) is 0 Å². The number of hydrogen-bond donors (Lipinski definition) is 0. The summed E-state index contributed by atoms with van der Waals surface area (Å²) in [6, 6.07) is 51.1. The van der Waals surface area contributed by atoms with Crippen molar-refractivity contribution in [1.82, 2.24) is 0 Å². The SMILES string of the molecule is c1ccc2c(c1)C1c3ccccc3C2c2c(CCCCCCc3cccc4c3C3c5ccccc5C4c4ccccc43)cccc21. The first-order valence-corrected chi connectivity index (χ1v) is 17.5. The van der Waals surface area contributed by atoms with Crippen LogP contribution >= 0.6 is 0 Å². The van der Waals surface area contributed by atoms with E-state index in [1.54, 1.807) is 33.4 Å². The number of rotatable bonds is 7. The predicted molar refractivity (Wildman–Crippen MR) is 188 cm³/mol. The van der Waals surface area contributed by atoms with Crippen LogP contribution in [0.25, 0.3) is 0 Å². The van der Waals surface area contributed by atoms with E-state index >= 15 is 0 Å². The molecule has 6 aromatic carbocycles. The highest BCUT2D eigenvalue weighted by molar-refractivity contribution is 5.70. The van der Waals surface area contributed by atoms with Gasteiger partial charge in [-0.05, 0) is 104 Å². The van der Waals surface area contributed by atoms with Gasteiger partial charge in [-0.15, -0.1) is 0 Å². The maximum Gasteiger partial charge on any atom is 0.0351 e. The van der Waals surface area contributed by atoms with Crippen LogP contribution in [-0.4, -0.2) is 0 Å². The van der Waals surface area contributed by atoms with Gasteiger partial charge in [0.1, 0.15) is 0 Å². The normalized spacial score (nSPS) is 20.3. The number of benzene rings is 6. The zero-order valence-electron chi connectivity index (χ0n) is 26.3. The van der Waals surface area contributed by atoms with Gasteiger partial charge in [-0.1, -0.05) is 146 Å². The number of aryl methyl sites for hydroxylation is 2. The van der Waals surface area contributed by atoms with E-state index in [1.165, 1.54) is 83.0 Å². The zero-order chi connectivity index (χ0) is 30.2. The van der Waals surface area contributed by atoms with Crippen LogP contribution in [0.5, 0.6) is 0 Å². The van der Waals surface area contributed by atoms with Crippen LogP contribution in [0.1, 0.15) is 127 Å². The minimum Gasteiger partial charge on any atom is -0.0619 e. The van der Waals surface area contributed by atoms with Crippen molar-refractivity contribution in [3.63, 3.8) is 0 Å². The largest absolute Gasteiger partial charge is 0.0619 e. The topological polar surface area (TPSA) is 0 Å². The molecule has 6 aliphatic carbocycles. The molecule has 0 heterocycles. The van der Waals surface area contributed by atoms with Gasteiger partial charge < -0.3 is 0 Å². The molecule has 0 heteroatoms. The molecule has 0 unspecified atom stereocenters. The van der Waals surface area contributed by atoms with Gasteiger partial charge in [0.2, 0.25) is 0 Å². The monoisotopic (exact) mass is 590 g/mol. The van der Waals surface area contributed by atoms with Crippen molar-refractivity contribution < 1.29 is 0 Å². The maximum atomic E-state index is 2.42. The van der Waals surface area contributed by atoms with E-state index < -0.39 is 0 Å². The molecule has 4 bridgehead atoms. The number of unbranched alkanes of at least 4 members (excludes halogenated alkanes) is 3. The summed E-state index contributed by atoms with van der Waals surface area (Å²) in [5, 5.41) is 0. The summed E-state index contributed by atoms with van der Waals surface area (Å²) >= 11 is 0. The minimum atomic E-state index is 0.373. The van der Waals surface area contributed by atoms with Gasteiger partial charge in [0, 0.05) is 23.7 Å². The van der Waals surface area contributed by atoms with Gasteiger partial charge in [0.15, 0.2) is 0 Å². The lowest BCUT2D eigenvalue weighted by atomic mass is 9.60. The van der Waals surface area contributed by atoms with E-state index in [1.807, 2.05) is 0 Å². The molecule has 0 radical (unpaired) electrons. The summed E-state index contributed by atoms with van der Waals surface area (Å²) in [5.74, 6) is 1.49. The molecule has 0 aromatic heterocycles. The smallest absolute Gasteiger partial charge is 0.0351 e. The minimum absolute atomic E-state index is 0.373. The van der Waals surface area contributed by atoms with Crippen LogP contribution in [0.15, 0.2) is 133 Å². The predicted octanol–water partition coefficient (Wildman–Crippen LogP) is 11.0. The molecular weight excluding hydrogens is 553 g/mol. The standard InChI is InChI=1S/C46H38/c1(3-15-29-17-13-27-39-41(29)45-35-23-9-5-19-31(35)43(39)32-20-6-10-24-36(32)45)2-4-16-30-18-14-28-40-42(30)46-37-25-11-7-21-33(37)44(40)34-22-8-12-26-38(34)46/h5-14,17-28,43-46H,1-4,15-16H2. The lowest BCUT2D eigenvalue weighted by Crippen LogP contribution is -2.28. The van der Waals surface area contributed by atoms with Crippen LogP contribution in [-0.2, 0) is 12.8 Å². The highest BCUT2D eigenvalue weighted by Gasteiger charge is 2.43. The fourth-order valence-electron chi connectivity index (χ4n) is 10.0. The molecule has 6 aromatic rings. The van der Waals surface area contributed by atoms with Crippen molar-refractivity contribution >= 4 is 0 Å². The first-order valence-electron chi connectivity index (χ1n) is 17.5. The highest BCUT2D eigenvalue weighted by atomic mass is 14.5. The van der Waals surface area contributed by atoms with E-state index in [0.717, 1.165) is 0 Å². The van der Waals surface area contributed by atoms with E-state index in [-0.39, 0.29) is 0 Å². The molecule has 0 saturated carbocycles. The van der Waals surface area contributed by atoms with Crippen LogP contribution in [0.4, 0.5) is 0 Å². The van der Waals surface area contributed by atoms with Crippen molar-refractivity contribution in [1.29, 1.82) is 0 Å². The summed E-state index contributed by atoms with van der Waals surface area (Å²) < 4.78 is 0. The Morgan fingerprint density at radius 1 is 0.261 bits per heavy atom. The Labute approximate surface area is 272 Å². The second kappa shape index (κ2) is 10.4. The van der Waals surface area contributed by atoms with Gasteiger partial charge in [-0.25, -0.2) is 0 Å². The van der Waals surface area contributed by atoms with Crippen molar-refractivity contribution in [3.05, 3.63) is 211 Å². The molecular formula is C46H38. The van der Waals surface area contributed by atoms with E-state index in [2.05, 4.69) is 133 Å². The van der Waals surface area contributed by atoms with Crippen molar-refractivity contribution in [2.75, 3.05) is 0 Å². The average molecular weight is 591 g/mol. The third-order valence-electron chi connectivity index (χ3n) is 11.8. The van der Waals surface area contributed by atoms with Crippen molar-refractivity contribution in [3.8, 4) is 0 Å². The molecule has 0 aliphatic heterocycles. The molecule has 12 rings (SSSR count). The van der Waals surface area contributed by atoms with Crippen LogP contribution < -0.4 is 0 Å². The Kier molecular flexibility index (Phi) is 6.01. The quantitative estimate of drug-likeness (QED) is 0.162. The molecule has 0 saturated heterocycles. The van der Waals surface area contributed by atoms with Crippen LogP contribution in [0, 0.1) is 0 Å². The Hall–Kier alpha value is -4.68. The van der Waals surface area contributed by atoms with Gasteiger partial charge in [-0.2, -0.15) is 0 Å². The van der Waals surface area contributed by atoms with Gasteiger partial charge in [-0.3, -0.25) is 0 Å². The number of hydrogen-bond acceptors (Lipinski definition) is 0. The first-order chi connectivity index (χ1) is 22.9. The van der Waals surface area contributed by atoms with Gasteiger partial charge >= 0.3 is 0 Å². The van der Waals surface area contributed by atoms with Gasteiger partial charge in [0.05, 0.1) is 0 Å². The fraction of sp³-hybridized carbons (Fsp3) is 0.217. The summed E-state index contributed by atoms with van der Waals surface area (Å²) in [6.07, 6.45) is 7.45. The van der Waals surface area contributed by atoms with E-state index in [4.69, 9.17) is 0 Å². The van der Waals surface area contributed by atoms with Gasteiger partial charge in [0.25, 0.3) is 0 Å². The first kappa shape index (κ1) is 26.5. The van der Waals surface area contributed by atoms with Crippen molar-refractivity contribution in [2.24, 2.45) is 0 Å². The Bertz CT molecular complexity index is 1900. The summed E-state index contributed by atoms with van der Waals surface area (Å²) in [7, 11) is 0. The molecule has 222 valence electrons. The fourth-order valence-corrected chi connectivity index (χ4v) is 10.0. The third-order valence-corrected chi connectivity index (χ3v) is 11.8. The summed E-state index contributed by atoms with van der Waals surface area (Å²) in [4.78, 5) is 0. The molecule has 0 N–H and O–H groups in total. The molecule has 46 heavy (non-hydrogen) atoms. The summed E-state index contributed by atoms with van der Waals surface area (Å²) in [6.45, 7) is 0. The second-order valence-electron chi connectivity index (χ2n) is 14.0. The molecule has 0 amide bonds. The van der Waals surface area contributed by atoms with E-state index in [0.29, 0.717) is 23.7 Å². The lowest BCUT2D eigenvalue weighted by Gasteiger charge is -2.43. The van der Waals surface area contributed by atoms with Crippen LogP contribution in [0.2, 0.25) is 0 Å². The Morgan fingerprint density at radius 2 is 0.543 bits per heavy atom. The molecule has 0 fully saturated rings. The maximum absolute atomic E-state index is 2.42. The summed E-state index contributed by atoms with van der Waals surface area (Å²) in [5.41, 5.74) is 21.6. The third kappa shape index (κ3) is 3.74. The Morgan fingerprint density at radius 3 is 0.870 bits per heavy atom. The molecule has 0 nitrogen and oxygen atoms in total. The molecule has 0 atom stereocenters. The average Bonchev–Trinajstić information content (AvgIpc) is 3.12. The van der Waals surface area contributed by atoms with Crippen molar-refractivity contribution in [2.45, 2.75) is 62.2 Å². The second-order valence-corrected chi connectivity index (χ2v) is 14.0. The zero-order valence-corrected chi connectivity index (χ0v) is 26.3.